The fourth-order valence-electron chi connectivity index (χ4n) is 2.94. The zero-order valence-electron chi connectivity index (χ0n) is 14.8. The van der Waals surface area contributed by atoms with Crippen LogP contribution in [0.1, 0.15) is 5.56 Å². The molecule has 2 aliphatic rings. The first-order valence-electron chi connectivity index (χ1n) is 8.76. The molecule has 2 fully saturated rings. The van der Waals surface area contributed by atoms with Crippen LogP contribution in [-0.4, -0.2) is 37.4 Å². The molecule has 0 saturated carbocycles. The van der Waals surface area contributed by atoms with E-state index in [0.29, 0.717) is 58.3 Å². The molecular formula is C20H17ClFN3O2S. The minimum absolute atomic E-state index is 0.254. The van der Waals surface area contributed by atoms with Crippen molar-refractivity contribution in [2.24, 2.45) is 4.99 Å². The lowest BCUT2D eigenvalue weighted by molar-refractivity contribution is -0.115. The molecule has 2 heterocycles. The Morgan fingerprint density at radius 2 is 1.93 bits per heavy atom. The molecule has 28 heavy (non-hydrogen) atoms. The summed E-state index contributed by atoms with van der Waals surface area (Å²) < 4.78 is 19.9. The number of nitrogens with zero attached hydrogens (tertiary/aromatic N) is 2. The van der Waals surface area contributed by atoms with E-state index in [9.17, 15) is 9.18 Å². The summed E-state index contributed by atoms with van der Waals surface area (Å²) in [6, 6.07) is 12.0. The standard InChI is InChI=1S/C20H17ClFN3O2S/c21-14-2-4-15(5-3-14)23-20-24-19(26)18(28-20)12-13-1-6-17(16(22)11-13)25-7-9-27-10-8-25/h1-6,11-12H,7-10H2,(H,23,24,26)/b18-12-. The molecule has 0 aromatic heterocycles. The van der Waals surface area contributed by atoms with Crippen LogP contribution >= 0.6 is 23.4 Å². The molecule has 0 bridgehead atoms. The Kier molecular flexibility index (Phi) is 5.66. The van der Waals surface area contributed by atoms with E-state index < -0.39 is 0 Å². The third-order valence-corrected chi connectivity index (χ3v) is 5.49. The molecule has 0 atom stereocenters. The first-order valence-corrected chi connectivity index (χ1v) is 9.95. The average molecular weight is 418 g/mol. The molecule has 8 heteroatoms. The van der Waals surface area contributed by atoms with E-state index in [-0.39, 0.29) is 11.7 Å². The van der Waals surface area contributed by atoms with Crippen molar-refractivity contribution in [3.63, 3.8) is 0 Å². The Labute approximate surface area is 171 Å². The van der Waals surface area contributed by atoms with Gasteiger partial charge in [-0.05, 0) is 59.8 Å². The van der Waals surface area contributed by atoms with Gasteiger partial charge in [0.05, 0.1) is 29.5 Å². The number of carbonyl (C=O) groups excluding carboxylic acids is 1. The zero-order chi connectivity index (χ0) is 19.5. The van der Waals surface area contributed by atoms with Crippen LogP contribution in [0.25, 0.3) is 6.08 Å². The van der Waals surface area contributed by atoms with Gasteiger partial charge in [-0.25, -0.2) is 9.38 Å². The SMILES string of the molecule is O=C1NC(=Nc2ccc(Cl)cc2)S/C1=C\c1ccc(N2CCOCC2)c(F)c1. The Bertz CT molecular complexity index is 956. The highest BCUT2D eigenvalue weighted by Crippen LogP contribution is 2.29. The number of thioether (sulfide) groups is 1. The van der Waals surface area contributed by atoms with Crippen molar-refractivity contribution in [1.29, 1.82) is 0 Å². The highest BCUT2D eigenvalue weighted by Gasteiger charge is 2.24. The molecule has 0 radical (unpaired) electrons. The van der Waals surface area contributed by atoms with Gasteiger partial charge in [-0.15, -0.1) is 0 Å². The van der Waals surface area contributed by atoms with Crippen LogP contribution in [0.5, 0.6) is 0 Å². The maximum Gasteiger partial charge on any atom is 0.264 e. The van der Waals surface area contributed by atoms with E-state index in [0.717, 1.165) is 0 Å². The second-order valence-corrected chi connectivity index (χ2v) is 7.74. The van der Waals surface area contributed by atoms with Crippen LogP contribution in [0.4, 0.5) is 15.8 Å². The van der Waals surface area contributed by atoms with Crippen LogP contribution in [-0.2, 0) is 9.53 Å². The predicted molar refractivity (Wildman–Crippen MR) is 112 cm³/mol. The lowest BCUT2D eigenvalue weighted by atomic mass is 10.1. The van der Waals surface area contributed by atoms with Crippen molar-refractivity contribution in [2.45, 2.75) is 0 Å². The van der Waals surface area contributed by atoms with Crippen molar-refractivity contribution in [3.8, 4) is 0 Å². The van der Waals surface area contributed by atoms with Crippen molar-refractivity contribution in [2.75, 3.05) is 31.2 Å². The summed E-state index contributed by atoms with van der Waals surface area (Å²) >= 11 is 7.08. The first kappa shape index (κ1) is 19.0. The van der Waals surface area contributed by atoms with Crippen molar-refractivity contribution in [3.05, 3.63) is 63.8 Å². The number of rotatable bonds is 3. The van der Waals surface area contributed by atoms with Gasteiger partial charge in [-0.2, -0.15) is 0 Å². The first-order chi connectivity index (χ1) is 13.6. The van der Waals surface area contributed by atoms with Crippen LogP contribution < -0.4 is 10.2 Å². The van der Waals surface area contributed by atoms with E-state index in [1.165, 1.54) is 17.8 Å². The van der Waals surface area contributed by atoms with Crippen LogP contribution in [0.3, 0.4) is 0 Å². The van der Waals surface area contributed by atoms with Crippen molar-refractivity contribution < 1.29 is 13.9 Å². The molecule has 4 rings (SSSR count). The summed E-state index contributed by atoms with van der Waals surface area (Å²) in [5, 5.41) is 3.82. The number of hydrogen-bond donors (Lipinski definition) is 1. The monoisotopic (exact) mass is 417 g/mol. The number of hydrogen-bond acceptors (Lipinski definition) is 5. The molecule has 1 N–H and O–H groups in total. The van der Waals surface area contributed by atoms with E-state index >= 15 is 0 Å². The van der Waals surface area contributed by atoms with Crippen LogP contribution in [0, 0.1) is 5.82 Å². The Morgan fingerprint density at radius 3 is 2.64 bits per heavy atom. The highest BCUT2D eigenvalue weighted by atomic mass is 35.5. The second kappa shape index (κ2) is 8.34. The minimum atomic E-state index is -0.310. The topological polar surface area (TPSA) is 53.9 Å². The smallest absolute Gasteiger partial charge is 0.264 e. The number of ether oxygens (including phenoxy) is 1. The summed E-state index contributed by atoms with van der Waals surface area (Å²) in [6.07, 6.45) is 1.66. The van der Waals surface area contributed by atoms with Crippen LogP contribution in [0.15, 0.2) is 52.4 Å². The van der Waals surface area contributed by atoms with Crippen molar-refractivity contribution in [1.82, 2.24) is 5.32 Å². The second-order valence-electron chi connectivity index (χ2n) is 6.27. The molecular weight excluding hydrogens is 401 g/mol. The van der Waals surface area contributed by atoms with E-state index in [1.54, 1.807) is 36.4 Å². The number of morpholine rings is 1. The molecule has 5 nitrogen and oxygen atoms in total. The van der Waals surface area contributed by atoms with Gasteiger partial charge < -0.3 is 15.0 Å². The summed E-state index contributed by atoms with van der Waals surface area (Å²) in [6.45, 7) is 2.52. The van der Waals surface area contributed by atoms with Gasteiger partial charge in [0.15, 0.2) is 5.17 Å². The molecule has 2 aromatic carbocycles. The van der Waals surface area contributed by atoms with Crippen molar-refractivity contribution >= 4 is 51.9 Å². The summed E-state index contributed by atoms with van der Waals surface area (Å²) in [7, 11) is 0. The van der Waals surface area contributed by atoms with Crippen LogP contribution in [0.2, 0.25) is 5.02 Å². The number of benzene rings is 2. The Balaban J connectivity index is 1.51. The molecule has 0 aliphatic carbocycles. The highest BCUT2D eigenvalue weighted by molar-refractivity contribution is 8.18. The van der Waals surface area contributed by atoms with Gasteiger partial charge in [0.1, 0.15) is 5.82 Å². The van der Waals surface area contributed by atoms with E-state index in [4.69, 9.17) is 16.3 Å². The molecule has 1 amide bonds. The number of anilines is 1. The normalized spacial score (nSPS) is 20.1. The fourth-order valence-corrected chi connectivity index (χ4v) is 3.91. The number of nitrogens with one attached hydrogen (secondary N) is 1. The average Bonchev–Trinajstić information content (AvgIpc) is 3.03. The number of carbonyl (C=O) groups is 1. The number of amides is 1. The predicted octanol–water partition coefficient (Wildman–Crippen LogP) is 4.21. The molecule has 0 spiro atoms. The zero-order valence-corrected chi connectivity index (χ0v) is 16.4. The molecule has 2 aliphatic heterocycles. The summed E-state index contributed by atoms with van der Waals surface area (Å²) in [5.74, 6) is -0.565. The minimum Gasteiger partial charge on any atom is -0.378 e. The Hall–Kier alpha value is -2.35. The largest absolute Gasteiger partial charge is 0.378 e. The van der Waals surface area contributed by atoms with Gasteiger partial charge in [0.25, 0.3) is 5.91 Å². The summed E-state index contributed by atoms with van der Waals surface area (Å²) in [5.41, 5.74) is 1.87. The number of aliphatic imine (C=N–C) groups is 1. The maximum atomic E-state index is 14.5. The lowest BCUT2D eigenvalue weighted by Gasteiger charge is -2.29. The lowest BCUT2D eigenvalue weighted by Crippen LogP contribution is -2.36. The molecule has 144 valence electrons. The number of halogens is 2. The van der Waals surface area contributed by atoms with E-state index in [1.807, 2.05) is 11.0 Å². The van der Waals surface area contributed by atoms with Gasteiger partial charge in [-0.1, -0.05) is 17.7 Å². The van der Waals surface area contributed by atoms with Gasteiger partial charge in [0, 0.05) is 18.1 Å². The van der Waals surface area contributed by atoms with Gasteiger partial charge in [0.2, 0.25) is 0 Å². The molecule has 2 aromatic rings. The summed E-state index contributed by atoms with van der Waals surface area (Å²) in [4.78, 5) is 19.0. The third kappa shape index (κ3) is 4.38. The maximum absolute atomic E-state index is 14.5. The molecule has 0 unspecified atom stereocenters. The Morgan fingerprint density at radius 1 is 1.18 bits per heavy atom. The number of amidine groups is 1. The quantitative estimate of drug-likeness (QED) is 0.760. The van der Waals surface area contributed by atoms with E-state index in [2.05, 4.69) is 10.3 Å². The third-order valence-electron chi connectivity index (χ3n) is 4.33. The fraction of sp³-hybridized carbons (Fsp3) is 0.200. The van der Waals surface area contributed by atoms with Gasteiger partial charge in [-0.3, -0.25) is 4.79 Å². The van der Waals surface area contributed by atoms with Gasteiger partial charge >= 0.3 is 0 Å². The molecule has 2 saturated heterocycles.